The molecule has 0 bridgehead atoms. The molecule has 1 saturated heterocycles. The fourth-order valence-electron chi connectivity index (χ4n) is 3.24. The number of ketones is 1. The number of rotatable bonds is 4. The first kappa shape index (κ1) is 15.6. The molecule has 0 atom stereocenters. The lowest BCUT2D eigenvalue weighted by Gasteiger charge is -2.17. The molecule has 4 rings (SSSR count). The van der Waals surface area contributed by atoms with Crippen molar-refractivity contribution in [1.82, 2.24) is 15.0 Å². The van der Waals surface area contributed by atoms with Crippen LogP contribution in [0.5, 0.6) is 0 Å². The summed E-state index contributed by atoms with van der Waals surface area (Å²) in [6.45, 7) is 5.56. The Bertz CT molecular complexity index is 940. The molecule has 0 radical (unpaired) electrons. The molecule has 1 fully saturated rings. The van der Waals surface area contributed by atoms with E-state index in [4.69, 9.17) is 9.97 Å². The maximum atomic E-state index is 11.6. The minimum Gasteiger partial charge on any atom is -0.343 e. The number of carbonyl (C=O) groups is 1. The summed E-state index contributed by atoms with van der Waals surface area (Å²) >= 11 is 0. The predicted octanol–water partition coefficient (Wildman–Crippen LogP) is 3.81. The van der Waals surface area contributed by atoms with Crippen molar-refractivity contribution >= 4 is 34.3 Å². The topological polar surface area (TPSA) is 73.9 Å². The molecule has 1 aliphatic heterocycles. The number of anilines is 3. The van der Waals surface area contributed by atoms with Crippen molar-refractivity contribution in [3.63, 3.8) is 0 Å². The molecule has 6 nitrogen and oxygen atoms in total. The Kier molecular flexibility index (Phi) is 3.87. The zero-order valence-electron chi connectivity index (χ0n) is 14.5. The third-order valence-corrected chi connectivity index (χ3v) is 4.53. The lowest BCUT2D eigenvalue weighted by molar-refractivity contribution is 0.101. The van der Waals surface area contributed by atoms with Gasteiger partial charge in [0.1, 0.15) is 11.5 Å². The molecule has 3 heterocycles. The van der Waals surface area contributed by atoms with Gasteiger partial charge in [-0.15, -0.1) is 0 Å². The molecule has 2 aromatic heterocycles. The number of aromatic nitrogens is 3. The van der Waals surface area contributed by atoms with Crippen molar-refractivity contribution < 1.29 is 4.79 Å². The molecule has 1 aromatic carbocycles. The highest BCUT2D eigenvalue weighted by Crippen LogP contribution is 2.28. The van der Waals surface area contributed by atoms with E-state index in [1.807, 2.05) is 37.3 Å². The fraction of sp³-hybridized carbons (Fsp3) is 0.316. The predicted molar refractivity (Wildman–Crippen MR) is 99.8 cm³/mol. The Labute approximate surface area is 146 Å². The summed E-state index contributed by atoms with van der Waals surface area (Å²) in [5.41, 5.74) is 3.40. The van der Waals surface area contributed by atoms with Crippen LogP contribution in [-0.4, -0.2) is 33.8 Å². The standard InChI is InChI=1S/C19H21N5O/c1-12-10-16-17(20-12)22-19(24-8-3-4-9-24)23-18(16)21-15-7-5-6-14(11-15)13(2)25/h5-7,10-11H,3-4,8-9H2,1-2H3,(H2,20,21,22,23). The van der Waals surface area contributed by atoms with Gasteiger partial charge in [0.15, 0.2) is 5.78 Å². The second-order valence-corrected chi connectivity index (χ2v) is 6.54. The number of fused-ring (bicyclic) bond motifs is 1. The van der Waals surface area contributed by atoms with Gasteiger partial charge in [-0.3, -0.25) is 4.79 Å². The number of nitrogens with one attached hydrogen (secondary N) is 2. The zero-order valence-corrected chi connectivity index (χ0v) is 14.5. The highest BCUT2D eigenvalue weighted by atomic mass is 16.1. The van der Waals surface area contributed by atoms with E-state index in [1.54, 1.807) is 6.92 Å². The molecular formula is C19H21N5O. The van der Waals surface area contributed by atoms with Gasteiger partial charge in [0.05, 0.1) is 5.39 Å². The second kappa shape index (κ2) is 6.20. The third-order valence-electron chi connectivity index (χ3n) is 4.53. The van der Waals surface area contributed by atoms with Gasteiger partial charge in [0.2, 0.25) is 5.95 Å². The number of aryl methyl sites for hydroxylation is 1. The van der Waals surface area contributed by atoms with Crippen LogP contribution in [0.15, 0.2) is 30.3 Å². The largest absolute Gasteiger partial charge is 0.343 e. The van der Waals surface area contributed by atoms with Gasteiger partial charge < -0.3 is 15.2 Å². The van der Waals surface area contributed by atoms with Gasteiger partial charge in [0.25, 0.3) is 0 Å². The second-order valence-electron chi connectivity index (χ2n) is 6.54. The highest BCUT2D eigenvalue weighted by Gasteiger charge is 2.18. The summed E-state index contributed by atoms with van der Waals surface area (Å²) in [6.07, 6.45) is 2.35. The van der Waals surface area contributed by atoms with Gasteiger partial charge in [-0.25, -0.2) is 0 Å². The van der Waals surface area contributed by atoms with E-state index in [9.17, 15) is 4.79 Å². The molecule has 0 aliphatic carbocycles. The van der Waals surface area contributed by atoms with Gasteiger partial charge in [-0.2, -0.15) is 9.97 Å². The molecule has 3 aromatic rings. The van der Waals surface area contributed by atoms with Crippen LogP contribution < -0.4 is 10.2 Å². The lowest BCUT2D eigenvalue weighted by atomic mass is 10.1. The summed E-state index contributed by atoms with van der Waals surface area (Å²) in [5.74, 6) is 1.56. The molecule has 2 N–H and O–H groups in total. The molecule has 1 aliphatic rings. The van der Waals surface area contributed by atoms with Crippen molar-refractivity contribution in [2.45, 2.75) is 26.7 Å². The maximum Gasteiger partial charge on any atom is 0.229 e. The van der Waals surface area contributed by atoms with Gasteiger partial charge in [-0.05, 0) is 44.9 Å². The first-order chi connectivity index (χ1) is 12.1. The Morgan fingerprint density at radius 3 is 2.76 bits per heavy atom. The highest BCUT2D eigenvalue weighted by molar-refractivity contribution is 5.96. The smallest absolute Gasteiger partial charge is 0.229 e. The van der Waals surface area contributed by atoms with Gasteiger partial charge in [-0.1, -0.05) is 12.1 Å². The zero-order chi connectivity index (χ0) is 17.4. The molecule has 25 heavy (non-hydrogen) atoms. The number of Topliss-reactive ketones (excluding diaryl/α,β-unsaturated/α-hetero) is 1. The Balaban J connectivity index is 1.76. The first-order valence-electron chi connectivity index (χ1n) is 8.60. The Morgan fingerprint density at radius 2 is 2.00 bits per heavy atom. The van der Waals surface area contributed by atoms with Crippen LogP contribution in [0.2, 0.25) is 0 Å². The van der Waals surface area contributed by atoms with E-state index >= 15 is 0 Å². The number of benzene rings is 1. The van der Waals surface area contributed by atoms with E-state index in [0.717, 1.165) is 47.3 Å². The van der Waals surface area contributed by atoms with Crippen molar-refractivity contribution in [2.75, 3.05) is 23.3 Å². The Morgan fingerprint density at radius 1 is 1.20 bits per heavy atom. The minimum atomic E-state index is 0.0479. The molecule has 128 valence electrons. The number of hydrogen-bond acceptors (Lipinski definition) is 5. The van der Waals surface area contributed by atoms with Crippen molar-refractivity contribution in [3.05, 3.63) is 41.6 Å². The first-order valence-corrected chi connectivity index (χ1v) is 8.60. The lowest BCUT2D eigenvalue weighted by Crippen LogP contribution is -2.20. The van der Waals surface area contributed by atoms with Crippen LogP contribution in [0.4, 0.5) is 17.5 Å². The van der Waals surface area contributed by atoms with Crippen LogP contribution in [0.25, 0.3) is 11.0 Å². The van der Waals surface area contributed by atoms with Crippen molar-refractivity contribution in [1.29, 1.82) is 0 Å². The molecular weight excluding hydrogens is 314 g/mol. The van der Waals surface area contributed by atoms with E-state index in [-0.39, 0.29) is 5.78 Å². The van der Waals surface area contributed by atoms with E-state index in [2.05, 4.69) is 15.2 Å². The van der Waals surface area contributed by atoms with Crippen LogP contribution >= 0.6 is 0 Å². The number of H-pyrrole nitrogens is 1. The Hall–Kier alpha value is -2.89. The summed E-state index contributed by atoms with van der Waals surface area (Å²) < 4.78 is 0. The number of hydrogen-bond donors (Lipinski definition) is 2. The number of nitrogens with zero attached hydrogens (tertiary/aromatic N) is 3. The quantitative estimate of drug-likeness (QED) is 0.709. The average molecular weight is 335 g/mol. The summed E-state index contributed by atoms with van der Waals surface area (Å²) in [6, 6.07) is 9.53. The molecule has 0 unspecified atom stereocenters. The van der Waals surface area contributed by atoms with Gasteiger partial charge >= 0.3 is 0 Å². The van der Waals surface area contributed by atoms with Crippen LogP contribution in [0.3, 0.4) is 0 Å². The van der Waals surface area contributed by atoms with Gasteiger partial charge in [0, 0.05) is 30.0 Å². The molecule has 0 amide bonds. The summed E-state index contributed by atoms with van der Waals surface area (Å²) in [4.78, 5) is 26.6. The normalized spacial score (nSPS) is 14.2. The minimum absolute atomic E-state index is 0.0479. The number of carbonyl (C=O) groups excluding carboxylic acids is 1. The summed E-state index contributed by atoms with van der Waals surface area (Å²) in [7, 11) is 0. The van der Waals surface area contributed by atoms with E-state index in [1.165, 1.54) is 12.8 Å². The average Bonchev–Trinajstić information content (AvgIpc) is 3.23. The maximum absolute atomic E-state index is 11.6. The molecule has 0 spiro atoms. The summed E-state index contributed by atoms with van der Waals surface area (Å²) in [5, 5.41) is 4.32. The number of aromatic amines is 1. The monoisotopic (exact) mass is 335 g/mol. The van der Waals surface area contributed by atoms with E-state index < -0.39 is 0 Å². The van der Waals surface area contributed by atoms with Crippen LogP contribution in [0, 0.1) is 6.92 Å². The SMILES string of the molecule is CC(=O)c1cccc(Nc2nc(N3CCCC3)nc3[nH]c(C)cc23)c1. The van der Waals surface area contributed by atoms with Crippen molar-refractivity contribution in [3.8, 4) is 0 Å². The third kappa shape index (κ3) is 3.07. The van der Waals surface area contributed by atoms with Crippen LogP contribution in [0.1, 0.15) is 35.8 Å². The van der Waals surface area contributed by atoms with Crippen molar-refractivity contribution in [2.24, 2.45) is 0 Å². The fourth-order valence-corrected chi connectivity index (χ4v) is 3.24. The van der Waals surface area contributed by atoms with E-state index in [0.29, 0.717) is 5.56 Å². The molecule has 6 heteroatoms. The van der Waals surface area contributed by atoms with Crippen LogP contribution in [-0.2, 0) is 0 Å². The molecule has 0 saturated carbocycles.